The molecular formula is C11H15N5S. The summed E-state index contributed by atoms with van der Waals surface area (Å²) in [7, 11) is 0. The van der Waals surface area contributed by atoms with Gasteiger partial charge in [0.2, 0.25) is 4.77 Å². The first-order chi connectivity index (χ1) is 8.31. The highest BCUT2D eigenvalue weighted by atomic mass is 32.1. The van der Waals surface area contributed by atoms with Crippen LogP contribution in [-0.2, 0) is 13.0 Å². The number of aromatic nitrogens is 4. The summed E-state index contributed by atoms with van der Waals surface area (Å²) < 4.78 is 2.43. The highest BCUT2D eigenvalue weighted by Crippen LogP contribution is 2.01. The predicted octanol–water partition coefficient (Wildman–Crippen LogP) is 2.03. The molecule has 0 atom stereocenters. The topological polar surface area (TPSA) is 58.5 Å². The van der Waals surface area contributed by atoms with Crippen molar-refractivity contribution in [3.05, 3.63) is 40.7 Å². The molecule has 0 spiro atoms. The fourth-order valence-corrected chi connectivity index (χ4v) is 1.77. The van der Waals surface area contributed by atoms with Crippen molar-refractivity contribution in [3.63, 3.8) is 0 Å². The second-order valence-electron chi connectivity index (χ2n) is 3.72. The molecule has 0 bridgehead atoms. The van der Waals surface area contributed by atoms with Gasteiger partial charge in [0.05, 0.1) is 6.54 Å². The SMILES string of the molecule is CCCc1n[nH]c(=S)n1NCc1ccncc1. The molecule has 2 N–H and O–H groups in total. The lowest BCUT2D eigenvalue weighted by molar-refractivity contribution is 0.731. The molecule has 2 aromatic heterocycles. The van der Waals surface area contributed by atoms with Crippen LogP contribution in [0.1, 0.15) is 24.7 Å². The van der Waals surface area contributed by atoms with Gasteiger partial charge in [0.15, 0.2) is 5.82 Å². The Kier molecular flexibility index (Phi) is 3.87. The maximum Gasteiger partial charge on any atom is 0.214 e. The normalized spacial score (nSPS) is 10.4. The third-order valence-corrected chi connectivity index (χ3v) is 2.68. The number of hydrogen-bond donors (Lipinski definition) is 2. The highest BCUT2D eigenvalue weighted by molar-refractivity contribution is 7.71. The van der Waals surface area contributed by atoms with Crippen LogP contribution < -0.4 is 5.43 Å². The number of nitrogens with one attached hydrogen (secondary N) is 2. The van der Waals surface area contributed by atoms with Crippen LogP contribution in [0.4, 0.5) is 0 Å². The van der Waals surface area contributed by atoms with E-state index >= 15 is 0 Å². The Hall–Kier alpha value is -1.69. The zero-order chi connectivity index (χ0) is 12.1. The Labute approximate surface area is 105 Å². The minimum Gasteiger partial charge on any atom is -0.318 e. The second kappa shape index (κ2) is 5.58. The molecule has 6 heteroatoms. The quantitative estimate of drug-likeness (QED) is 0.796. The lowest BCUT2D eigenvalue weighted by atomic mass is 10.3. The van der Waals surface area contributed by atoms with Crippen molar-refractivity contribution in [3.8, 4) is 0 Å². The van der Waals surface area contributed by atoms with Crippen LogP contribution in [0.15, 0.2) is 24.5 Å². The van der Waals surface area contributed by atoms with Crippen molar-refractivity contribution >= 4 is 12.2 Å². The van der Waals surface area contributed by atoms with Gasteiger partial charge in [-0.1, -0.05) is 6.92 Å². The summed E-state index contributed by atoms with van der Waals surface area (Å²) in [5.41, 5.74) is 4.41. The van der Waals surface area contributed by atoms with E-state index in [1.54, 1.807) is 12.4 Å². The van der Waals surface area contributed by atoms with Crippen LogP contribution >= 0.6 is 12.2 Å². The molecule has 2 heterocycles. The highest BCUT2D eigenvalue weighted by Gasteiger charge is 2.04. The number of H-pyrrole nitrogens is 1. The van der Waals surface area contributed by atoms with Gasteiger partial charge < -0.3 is 5.43 Å². The lowest BCUT2D eigenvalue weighted by Crippen LogP contribution is -2.17. The van der Waals surface area contributed by atoms with Gasteiger partial charge in [0.25, 0.3) is 0 Å². The van der Waals surface area contributed by atoms with Crippen molar-refractivity contribution in [2.45, 2.75) is 26.3 Å². The van der Waals surface area contributed by atoms with Crippen molar-refractivity contribution in [2.75, 3.05) is 5.43 Å². The molecule has 90 valence electrons. The van der Waals surface area contributed by atoms with E-state index in [0.717, 1.165) is 24.2 Å². The Morgan fingerprint density at radius 2 is 2.18 bits per heavy atom. The van der Waals surface area contributed by atoms with Gasteiger partial charge >= 0.3 is 0 Å². The number of aryl methyl sites for hydroxylation is 1. The van der Waals surface area contributed by atoms with Gasteiger partial charge in [-0.25, -0.2) is 4.68 Å². The van der Waals surface area contributed by atoms with Crippen molar-refractivity contribution in [2.24, 2.45) is 0 Å². The van der Waals surface area contributed by atoms with Gasteiger partial charge in [0.1, 0.15) is 0 Å². The maximum atomic E-state index is 5.17. The monoisotopic (exact) mass is 249 g/mol. The van der Waals surface area contributed by atoms with E-state index in [4.69, 9.17) is 12.2 Å². The van der Waals surface area contributed by atoms with E-state index in [9.17, 15) is 0 Å². The molecule has 0 saturated carbocycles. The third kappa shape index (κ3) is 2.91. The van der Waals surface area contributed by atoms with E-state index < -0.39 is 0 Å². The molecule has 0 aliphatic heterocycles. The van der Waals surface area contributed by atoms with E-state index in [2.05, 4.69) is 27.5 Å². The third-order valence-electron chi connectivity index (χ3n) is 2.41. The molecular weight excluding hydrogens is 234 g/mol. The van der Waals surface area contributed by atoms with Crippen molar-refractivity contribution in [1.82, 2.24) is 19.9 Å². The molecule has 0 saturated heterocycles. The molecule has 0 amide bonds. The first-order valence-electron chi connectivity index (χ1n) is 5.60. The Morgan fingerprint density at radius 3 is 2.88 bits per heavy atom. The number of hydrogen-bond acceptors (Lipinski definition) is 4. The van der Waals surface area contributed by atoms with Crippen LogP contribution in [0, 0.1) is 4.77 Å². The van der Waals surface area contributed by atoms with Crippen LogP contribution in [0.5, 0.6) is 0 Å². The minimum atomic E-state index is 0.600. The van der Waals surface area contributed by atoms with E-state index in [1.807, 2.05) is 16.8 Å². The van der Waals surface area contributed by atoms with Crippen molar-refractivity contribution in [1.29, 1.82) is 0 Å². The summed E-state index contributed by atoms with van der Waals surface area (Å²) in [6, 6.07) is 3.94. The zero-order valence-electron chi connectivity index (χ0n) is 9.68. The summed E-state index contributed by atoms with van der Waals surface area (Å²) >= 11 is 5.17. The summed E-state index contributed by atoms with van der Waals surface area (Å²) in [6.45, 7) is 2.82. The molecule has 0 fully saturated rings. The summed E-state index contributed by atoms with van der Waals surface area (Å²) in [5, 5.41) is 6.99. The average Bonchev–Trinajstić information content (AvgIpc) is 2.70. The van der Waals surface area contributed by atoms with Gasteiger partial charge in [-0.15, -0.1) is 0 Å². The molecule has 5 nitrogen and oxygen atoms in total. The van der Waals surface area contributed by atoms with E-state index in [-0.39, 0.29) is 0 Å². The van der Waals surface area contributed by atoms with Gasteiger partial charge in [-0.05, 0) is 36.3 Å². The standard InChI is InChI=1S/C11H15N5S/c1-2-3-10-14-15-11(17)16(10)13-8-9-4-6-12-7-5-9/h4-7,13H,2-3,8H2,1H3,(H,15,17). The summed E-state index contributed by atoms with van der Waals surface area (Å²) in [4.78, 5) is 3.98. The number of nitrogens with zero attached hydrogens (tertiary/aromatic N) is 3. The molecule has 2 aromatic rings. The largest absolute Gasteiger partial charge is 0.318 e. The molecule has 0 radical (unpaired) electrons. The van der Waals surface area contributed by atoms with E-state index in [0.29, 0.717) is 11.3 Å². The fourth-order valence-electron chi connectivity index (χ4n) is 1.55. The van der Waals surface area contributed by atoms with Crippen LogP contribution in [-0.4, -0.2) is 19.9 Å². The smallest absolute Gasteiger partial charge is 0.214 e. The van der Waals surface area contributed by atoms with E-state index in [1.165, 1.54) is 0 Å². The Morgan fingerprint density at radius 1 is 1.41 bits per heavy atom. The number of pyridine rings is 1. The second-order valence-corrected chi connectivity index (χ2v) is 4.11. The Bertz CT molecular complexity index is 516. The van der Waals surface area contributed by atoms with Gasteiger partial charge in [-0.2, -0.15) is 5.10 Å². The summed E-state index contributed by atoms with van der Waals surface area (Å²) in [6.07, 6.45) is 5.49. The maximum absolute atomic E-state index is 5.17. The van der Waals surface area contributed by atoms with Crippen LogP contribution in [0.25, 0.3) is 0 Å². The average molecular weight is 249 g/mol. The molecule has 0 aromatic carbocycles. The van der Waals surface area contributed by atoms with Gasteiger partial charge in [-0.3, -0.25) is 10.1 Å². The van der Waals surface area contributed by atoms with Crippen LogP contribution in [0.2, 0.25) is 0 Å². The first-order valence-corrected chi connectivity index (χ1v) is 6.01. The molecule has 17 heavy (non-hydrogen) atoms. The predicted molar refractivity (Wildman–Crippen MR) is 68.7 cm³/mol. The fraction of sp³-hybridized carbons (Fsp3) is 0.364. The lowest BCUT2D eigenvalue weighted by Gasteiger charge is -2.09. The molecule has 0 aliphatic carbocycles. The molecule has 2 rings (SSSR count). The number of rotatable bonds is 5. The first kappa shape index (κ1) is 11.8. The molecule has 0 unspecified atom stereocenters. The zero-order valence-corrected chi connectivity index (χ0v) is 10.5. The Balaban J connectivity index is 2.08. The minimum absolute atomic E-state index is 0.600. The van der Waals surface area contributed by atoms with Crippen molar-refractivity contribution < 1.29 is 0 Å². The molecule has 0 aliphatic rings. The van der Waals surface area contributed by atoms with Crippen LogP contribution in [0.3, 0.4) is 0 Å². The van der Waals surface area contributed by atoms with Gasteiger partial charge in [0, 0.05) is 18.8 Å². The summed E-state index contributed by atoms with van der Waals surface area (Å²) in [5.74, 6) is 0.937. The number of aromatic amines is 1.